The molecule has 0 radical (unpaired) electrons. The first-order valence-electron chi connectivity index (χ1n) is 8.36. The Balaban J connectivity index is 1.56. The van der Waals surface area contributed by atoms with Crippen molar-refractivity contribution in [1.29, 1.82) is 0 Å². The van der Waals surface area contributed by atoms with Crippen LogP contribution in [0.3, 0.4) is 0 Å². The van der Waals surface area contributed by atoms with E-state index in [-0.39, 0.29) is 5.91 Å². The van der Waals surface area contributed by atoms with E-state index in [4.69, 9.17) is 27.6 Å². The monoisotopic (exact) mass is 394 g/mol. The number of hydrogen-bond acceptors (Lipinski definition) is 3. The van der Waals surface area contributed by atoms with Gasteiger partial charge in [-0.15, -0.1) is 0 Å². The molecule has 27 heavy (non-hydrogen) atoms. The van der Waals surface area contributed by atoms with Gasteiger partial charge in [0.15, 0.2) is 5.58 Å². The van der Waals surface area contributed by atoms with E-state index >= 15 is 0 Å². The largest absolute Gasteiger partial charge is 0.436 e. The molecule has 0 bridgehead atoms. The summed E-state index contributed by atoms with van der Waals surface area (Å²) in [6, 6.07) is 18.3. The summed E-state index contributed by atoms with van der Waals surface area (Å²) in [6.07, 6.45) is 0. The predicted molar refractivity (Wildman–Crippen MR) is 106 cm³/mol. The Hall–Kier alpha value is -2.82. The normalized spacial score (nSPS) is 13.4. The third-order valence-electron chi connectivity index (χ3n) is 4.66. The van der Waals surface area contributed by atoms with Crippen LogP contribution in [-0.4, -0.2) is 10.9 Å². The fourth-order valence-electron chi connectivity index (χ4n) is 3.32. The molecule has 4 nitrogen and oxygen atoms in total. The van der Waals surface area contributed by atoms with Gasteiger partial charge in [-0.2, -0.15) is 0 Å². The Morgan fingerprint density at radius 3 is 2.67 bits per heavy atom. The van der Waals surface area contributed by atoms with Gasteiger partial charge < -0.3 is 9.32 Å². The highest BCUT2D eigenvalue weighted by Gasteiger charge is 2.28. The van der Waals surface area contributed by atoms with Crippen LogP contribution < -0.4 is 4.90 Å². The van der Waals surface area contributed by atoms with Crippen molar-refractivity contribution in [2.75, 3.05) is 4.90 Å². The van der Waals surface area contributed by atoms with E-state index in [0.717, 1.165) is 16.8 Å². The zero-order chi connectivity index (χ0) is 18.5. The summed E-state index contributed by atoms with van der Waals surface area (Å²) < 4.78 is 5.84. The summed E-state index contributed by atoms with van der Waals surface area (Å²) in [5.41, 5.74) is 4.45. The number of carbonyl (C=O) groups excluding carboxylic acids is 1. The Bertz CT molecular complexity index is 1220. The predicted octanol–water partition coefficient (Wildman–Crippen LogP) is 5.96. The molecule has 132 valence electrons. The second-order valence-corrected chi connectivity index (χ2v) is 7.19. The van der Waals surface area contributed by atoms with Gasteiger partial charge >= 0.3 is 0 Å². The van der Waals surface area contributed by atoms with E-state index in [0.29, 0.717) is 39.1 Å². The first-order chi connectivity index (χ1) is 13.1. The van der Waals surface area contributed by atoms with E-state index in [1.807, 2.05) is 42.5 Å². The second-order valence-electron chi connectivity index (χ2n) is 6.34. The van der Waals surface area contributed by atoms with Gasteiger partial charge in [0.05, 0.1) is 17.1 Å². The smallest absolute Gasteiger partial charge is 0.258 e. The molecule has 0 atom stereocenters. The van der Waals surface area contributed by atoms with Crippen LogP contribution >= 0.6 is 23.2 Å². The molecule has 1 aromatic heterocycles. The lowest BCUT2D eigenvalue weighted by molar-refractivity contribution is 0.0996. The number of halogens is 2. The molecule has 1 amide bonds. The molecule has 5 rings (SSSR count). The van der Waals surface area contributed by atoms with Gasteiger partial charge in [0.25, 0.3) is 5.91 Å². The maximum atomic E-state index is 12.7. The van der Waals surface area contributed by atoms with E-state index in [2.05, 4.69) is 4.98 Å². The zero-order valence-electron chi connectivity index (χ0n) is 13.9. The molecule has 4 aromatic rings. The van der Waals surface area contributed by atoms with Crippen LogP contribution in [0.15, 0.2) is 65.1 Å². The fraction of sp³-hybridized carbons (Fsp3) is 0.0476. The van der Waals surface area contributed by atoms with Crippen molar-refractivity contribution < 1.29 is 9.21 Å². The maximum absolute atomic E-state index is 12.7. The van der Waals surface area contributed by atoms with E-state index in [9.17, 15) is 4.79 Å². The summed E-state index contributed by atoms with van der Waals surface area (Å²) in [5.74, 6) is 0.386. The molecule has 0 saturated carbocycles. The summed E-state index contributed by atoms with van der Waals surface area (Å²) in [4.78, 5) is 19.0. The molecule has 6 heteroatoms. The van der Waals surface area contributed by atoms with Gasteiger partial charge in [-0.05, 0) is 48.0 Å². The van der Waals surface area contributed by atoms with Crippen molar-refractivity contribution in [3.63, 3.8) is 0 Å². The van der Waals surface area contributed by atoms with Crippen LogP contribution in [0, 0.1) is 0 Å². The van der Waals surface area contributed by atoms with Gasteiger partial charge in [0.1, 0.15) is 5.52 Å². The number of benzene rings is 3. The quantitative estimate of drug-likeness (QED) is 0.421. The summed E-state index contributed by atoms with van der Waals surface area (Å²) >= 11 is 12.3. The molecular formula is C21H12Cl2N2O2. The molecule has 3 aromatic carbocycles. The number of anilines is 1. The lowest BCUT2D eigenvalue weighted by Gasteiger charge is -2.15. The molecule has 0 fully saturated rings. The third-order valence-corrected chi connectivity index (χ3v) is 5.23. The van der Waals surface area contributed by atoms with Gasteiger partial charge in [0, 0.05) is 16.3 Å². The van der Waals surface area contributed by atoms with Crippen molar-refractivity contribution >= 4 is 45.9 Å². The second kappa shape index (κ2) is 6.12. The topological polar surface area (TPSA) is 46.3 Å². The SMILES string of the molecule is O=C1c2ccccc2CN1c1ccc2oc(-c3cc(Cl)ccc3Cl)nc2c1. The van der Waals surface area contributed by atoms with Crippen LogP contribution in [0.25, 0.3) is 22.6 Å². The highest BCUT2D eigenvalue weighted by Crippen LogP contribution is 2.34. The molecule has 0 saturated heterocycles. The van der Waals surface area contributed by atoms with Gasteiger partial charge in [-0.25, -0.2) is 4.98 Å². The number of amides is 1. The summed E-state index contributed by atoms with van der Waals surface area (Å²) in [6.45, 7) is 0.547. The van der Waals surface area contributed by atoms with Crippen LogP contribution in [-0.2, 0) is 6.54 Å². The standard InChI is InChI=1S/C21H12Cl2N2O2/c22-13-5-7-17(23)16(9-13)20-24-18-10-14(6-8-19(18)27-20)25-11-12-3-1-2-4-15(12)21(25)26/h1-10H,11H2. The molecule has 2 heterocycles. The van der Waals surface area contributed by atoms with Crippen molar-refractivity contribution in [3.8, 4) is 11.5 Å². The summed E-state index contributed by atoms with van der Waals surface area (Å²) in [7, 11) is 0. The van der Waals surface area contributed by atoms with Gasteiger partial charge in [0.2, 0.25) is 5.89 Å². The molecule has 0 spiro atoms. The lowest BCUT2D eigenvalue weighted by Crippen LogP contribution is -2.22. The summed E-state index contributed by atoms with van der Waals surface area (Å²) in [5, 5.41) is 1.06. The highest BCUT2D eigenvalue weighted by atomic mass is 35.5. The zero-order valence-corrected chi connectivity index (χ0v) is 15.5. The minimum atomic E-state index is -0.00782. The number of oxazole rings is 1. The minimum absolute atomic E-state index is 0.00782. The Morgan fingerprint density at radius 2 is 1.81 bits per heavy atom. The number of nitrogens with zero attached hydrogens (tertiary/aromatic N) is 2. The number of rotatable bonds is 2. The van der Waals surface area contributed by atoms with E-state index in [1.54, 1.807) is 23.1 Å². The number of fused-ring (bicyclic) bond motifs is 2. The van der Waals surface area contributed by atoms with Crippen LogP contribution in [0.4, 0.5) is 5.69 Å². The van der Waals surface area contributed by atoms with Crippen LogP contribution in [0.2, 0.25) is 10.0 Å². The first kappa shape index (κ1) is 16.4. The molecule has 0 aliphatic carbocycles. The molecule has 0 N–H and O–H groups in total. The fourth-order valence-corrected chi connectivity index (χ4v) is 3.69. The van der Waals surface area contributed by atoms with Crippen molar-refractivity contribution in [1.82, 2.24) is 4.98 Å². The van der Waals surface area contributed by atoms with Crippen molar-refractivity contribution in [2.45, 2.75) is 6.54 Å². The number of aromatic nitrogens is 1. The van der Waals surface area contributed by atoms with E-state index in [1.165, 1.54) is 0 Å². The van der Waals surface area contributed by atoms with Gasteiger partial charge in [-0.3, -0.25) is 4.79 Å². The Kier molecular flexibility index (Phi) is 3.71. The van der Waals surface area contributed by atoms with Gasteiger partial charge in [-0.1, -0.05) is 41.4 Å². The number of carbonyl (C=O) groups is 1. The van der Waals surface area contributed by atoms with Crippen LogP contribution in [0.1, 0.15) is 15.9 Å². The van der Waals surface area contributed by atoms with Crippen molar-refractivity contribution in [3.05, 3.63) is 81.8 Å². The molecule has 0 unspecified atom stereocenters. The maximum Gasteiger partial charge on any atom is 0.258 e. The minimum Gasteiger partial charge on any atom is -0.436 e. The molecule has 1 aliphatic heterocycles. The molecule has 1 aliphatic rings. The Labute approximate surface area is 164 Å². The number of hydrogen-bond donors (Lipinski definition) is 0. The first-order valence-corrected chi connectivity index (χ1v) is 9.11. The third kappa shape index (κ3) is 2.69. The lowest BCUT2D eigenvalue weighted by atomic mass is 10.1. The Morgan fingerprint density at radius 1 is 0.963 bits per heavy atom. The highest BCUT2D eigenvalue weighted by molar-refractivity contribution is 6.35. The van der Waals surface area contributed by atoms with E-state index < -0.39 is 0 Å². The van der Waals surface area contributed by atoms with Crippen molar-refractivity contribution in [2.24, 2.45) is 0 Å². The van der Waals surface area contributed by atoms with Crippen LogP contribution in [0.5, 0.6) is 0 Å². The average Bonchev–Trinajstić information content (AvgIpc) is 3.24. The average molecular weight is 395 g/mol. The molecular weight excluding hydrogens is 383 g/mol.